The summed E-state index contributed by atoms with van der Waals surface area (Å²) < 4.78 is 32.4. The van der Waals surface area contributed by atoms with Crippen LogP contribution in [-0.4, -0.2) is 45.2 Å². The van der Waals surface area contributed by atoms with E-state index in [1.54, 1.807) is 20.8 Å². The Morgan fingerprint density at radius 2 is 1.75 bits per heavy atom. The minimum Gasteiger partial charge on any atom is -0.460 e. The maximum atomic E-state index is 11.4. The van der Waals surface area contributed by atoms with Gasteiger partial charge in [-0.2, -0.15) is 0 Å². The first-order valence-corrected chi connectivity index (χ1v) is 6.89. The zero-order chi connectivity index (χ0) is 12.8. The van der Waals surface area contributed by atoms with E-state index >= 15 is 0 Å². The van der Waals surface area contributed by atoms with E-state index in [1.807, 2.05) is 0 Å². The summed E-state index contributed by atoms with van der Waals surface area (Å²) in [6.45, 7) is 5.37. The maximum absolute atomic E-state index is 11.4. The summed E-state index contributed by atoms with van der Waals surface area (Å²) in [6, 6.07) is 0. The lowest BCUT2D eigenvalue weighted by Gasteiger charge is -2.19. The van der Waals surface area contributed by atoms with Crippen LogP contribution in [0.25, 0.3) is 0 Å². The molecule has 0 aliphatic heterocycles. The van der Waals surface area contributed by atoms with Crippen molar-refractivity contribution in [1.82, 2.24) is 0 Å². The molecular weight excluding hydrogens is 232 g/mol. The summed E-state index contributed by atoms with van der Waals surface area (Å²) in [5.41, 5.74) is -0.576. The number of ether oxygens (including phenoxy) is 2. The molecule has 0 atom stereocenters. The van der Waals surface area contributed by atoms with Crippen LogP contribution in [0.2, 0.25) is 0 Å². The molecule has 0 saturated carbocycles. The van der Waals surface area contributed by atoms with Gasteiger partial charge in [-0.15, -0.1) is 0 Å². The predicted octanol–water partition coefficient (Wildman–Crippen LogP) is 0.779. The van der Waals surface area contributed by atoms with E-state index in [-0.39, 0.29) is 24.5 Å². The highest BCUT2D eigenvalue weighted by atomic mass is 32.2. The van der Waals surface area contributed by atoms with Gasteiger partial charge in [0.25, 0.3) is 0 Å². The Hall–Kier alpha value is -0.620. The average Bonchev–Trinajstić information content (AvgIpc) is 2.09. The lowest BCUT2D eigenvalue weighted by atomic mass is 10.2. The molecule has 5 nitrogen and oxygen atoms in total. The van der Waals surface area contributed by atoms with Gasteiger partial charge in [0.05, 0.1) is 24.5 Å². The van der Waals surface area contributed by atoms with Crippen molar-refractivity contribution in [3.63, 3.8) is 0 Å². The molecule has 0 N–H and O–H groups in total. The summed E-state index contributed by atoms with van der Waals surface area (Å²) >= 11 is 0. The molecule has 0 aromatic rings. The van der Waals surface area contributed by atoms with Crippen LogP contribution in [0.1, 0.15) is 27.2 Å². The van der Waals surface area contributed by atoms with Gasteiger partial charge in [-0.25, -0.2) is 8.42 Å². The standard InChI is InChI=1S/C10H20O5S/c1-10(2,3)15-9(11)5-7-16(12,13)8-6-14-4/h5-8H2,1-4H3. The maximum Gasteiger partial charge on any atom is 0.307 e. The zero-order valence-electron chi connectivity index (χ0n) is 10.3. The fraction of sp³-hybridized carbons (Fsp3) is 0.900. The van der Waals surface area contributed by atoms with E-state index in [0.29, 0.717) is 0 Å². The molecule has 0 rings (SSSR count). The first kappa shape index (κ1) is 15.4. The molecule has 0 amide bonds. The smallest absolute Gasteiger partial charge is 0.307 e. The second-order valence-corrected chi connectivity index (χ2v) is 6.78. The highest BCUT2D eigenvalue weighted by Crippen LogP contribution is 2.08. The molecule has 16 heavy (non-hydrogen) atoms. The van der Waals surface area contributed by atoms with Gasteiger partial charge in [0.1, 0.15) is 5.60 Å². The number of carbonyl (C=O) groups is 1. The molecule has 0 spiro atoms. The molecule has 0 aromatic heterocycles. The first-order chi connectivity index (χ1) is 7.16. The van der Waals surface area contributed by atoms with E-state index in [9.17, 15) is 13.2 Å². The van der Waals surface area contributed by atoms with Crippen molar-refractivity contribution in [2.45, 2.75) is 32.8 Å². The normalized spacial score (nSPS) is 12.5. The molecule has 0 aliphatic carbocycles. The molecule has 0 aromatic carbocycles. The van der Waals surface area contributed by atoms with E-state index in [1.165, 1.54) is 7.11 Å². The largest absolute Gasteiger partial charge is 0.460 e. The van der Waals surface area contributed by atoms with Crippen molar-refractivity contribution in [3.05, 3.63) is 0 Å². The van der Waals surface area contributed by atoms with Crippen LogP contribution in [-0.2, 0) is 24.1 Å². The zero-order valence-corrected chi connectivity index (χ0v) is 11.1. The van der Waals surface area contributed by atoms with Gasteiger partial charge < -0.3 is 9.47 Å². The molecule has 96 valence electrons. The summed E-state index contributed by atoms with van der Waals surface area (Å²) in [5.74, 6) is -0.745. The minimum absolute atomic E-state index is 0.0632. The quantitative estimate of drug-likeness (QED) is 0.653. The van der Waals surface area contributed by atoms with Gasteiger partial charge in [-0.05, 0) is 20.8 Å². The fourth-order valence-corrected chi connectivity index (χ4v) is 2.05. The molecule has 0 aliphatic rings. The Bertz CT molecular complexity index is 313. The number of rotatable bonds is 6. The molecule has 0 saturated heterocycles. The molecular formula is C10H20O5S. The lowest BCUT2D eigenvalue weighted by molar-refractivity contribution is -0.154. The lowest BCUT2D eigenvalue weighted by Crippen LogP contribution is -2.26. The Labute approximate surface area is 97.0 Å². The van der Waals surface area contributed by atoms with Crippen molar-refractivity contribution in [1.29, 1.82) is 0 Å². The van der Waals surface area contributed by atoms with Gasteiger partial charge in [0.2, 0.25) is 0 Å². The van der Waals surface area contributed by atoms with Crippen LogP contribution in [0, 0.1) is 0 Å². The first-order valence-electron chi connectivity index (χ1n) is 5.07. The second-order valence-electron chi connectivity index (χ2n) is 4.48. The highest BCUT2D eigenvalue weighted by molar-refractivity contribution is 7.91. The van der Waals surface area contributed by atoms with Crippen LogP contribution in [0.3, 0.4) is 0 Å². The van der Waals surface area contributed by atoms with Crippen molar-refractivity contribution in [3.8, 4) is 0 Å². The number of carbonyl (C=O) groups excluding carboxylic acids is 1. The van der Waals surface area contributed by atoms with E-state index < -0.39 is 21.4 Å². The number of hydrogen-bond acceptors (Lipinski definition) is 5. The number of hydrogen-bond donors (Lipinski definition) is 0. The third kappa shape index (κ3) is 8.67. The Balaban J connectivity index is 4.01. The van der Waals surface area contributed by atoms with Crippen LogP contribution in [0.15, 0.2) is 0 Å². The van der Waals surface area contributed by atoms with Gasteiger partial charge >= 0.3 is 5.97 Å². The molecule has 0 radical (unpaired) electrons. The third-order valence-corrected chi connectivity index (χ3v) is 3.25. The SMILES string of the molecule is COCCS(=O)(=O)CCC(=O)OC(C)(C)C. The average molecular weight is 252 g/mol. The molecule has 0 heterocycles. The number of sulfone groups is 1. The fourth-order valence-electron chi connectivity index (χ4n) is 0.944. The molecule has 6 heteroatoms. The number of methoxy groups -OCH3 is 1. The van der Waals surface area contributed by atoms with Crippen molar-refractivity contribution in [2.75, 3.05) is 25.2 Å². The third-order valence-electron chi connectivity index (χ3n) is 1.64. The Morgan fingerprint density at radius 3 is 2.19 bits per heavy atom. The van der Waals surface area contributed by atoms with Crippen molar-refractivity contribution in [2.24, 2.45) is 0 Å². The van der Waals surface area contributed by atoms with Gasteiger partial charge in [-0.3, -0.25) is 4.79 Å². The summed E-state index contributed by atoms with van der Waals surface area (Å²) in [4.78, 5) is 11.3. The minimum atomic E-state index is -3.22. The predicted molar refractivity (Wildman–Crippen MR) is 61.0 cm³/mol. The van der Waals surface area contributed by atoms with E-state index in [2.05, 4.69) is 4.74 Å². The van der Waals surface area contributed by atoms with Crippen molar-refractivity contribution < 1.29 is 22.7 Å². The molecule has 0 unspecified atom stereocenters. The molecule has 0 fully saturated rings. The highest BCUT2D eigenvalue weighted by Gasteiger charge is 2.19. The molecule has 0 bridgehead atoms. The summed E-state index contributed by atoms with van der Waals surface area (Å²) in [7, 11) is -1.79. The van der Waals surface area contributed by atoms with Crippen LogP contribution < -0.4 is 0 Å². The topological polar surface area (TPSA) is 69.7 Å². The van der Waals surface area contributed by atoms with Gasteiger partial charge in [0, 0.05) is 7.11 Å². The van der Waals surface area contributed by atoms with Crippen LogP contribution >= 0.6 is 0 Å². The number of esters is 1. The van der Waals surface area contributed by atoms with Crippen LogP contribution in [0.5, 0.6) is 0 Å². The van der Waals surface area contributed by atoms with Crippen LogP contribution in [0.4, 0.5) is 0 Å². The van der Waals surface area contributed by atoms with Gasteiger partial charge in [-0.1, -0.05) is 0 Å². The summed E-state index contributed by atoms with van der Waals surface area (Å²) in [5, 5.41) is 0. The van der Waals surface area contributed by atoms with E-state index in [4.69, 9.17) is 4.74 Å². The second kappa shape index (κ2) is 6.20. The Kier molecular flexibility index (Phi) is 5.96. The monoisotopic (exact) mass is 252 g/mol. The van der Waals surface area contributed by atoms with E-state index in [0.717, 1.165) is 0 Å². The van der Waals surface area contributed by atoms with Crippen molar-refractivity contribution >= 4 is 15.8 Å². The Morgan fingerprint density at radius 1 is 1.19 bits per heavy atom. The summed E-state index contributed by atoms with van der Waals surface area (Å²) in [6.07, 6.45) is -0.108. The van der Waals surface area contributed by atoms with Gasteiger partial charge in [0.15, 0.2) is 9.84 Å².